The van der Waals surface area contributed by atoms with E-state index in [0.29, 0.717) is 19.4 Å². The van der Waals surface area contributed by atoms with E-state index >= 15 is 0 Å². The summed E-state index contributed by atoms with van der Waals surface area (Å²) >= 11 is 0. The molecule has 0 bridgehead atoms. The summed E-state index contributed by atoms with van der Waals surface area (Å²) in [4.78, 5) is 0. The molecule has 4 heteroatoms. The summed E-state index contributed by atoms with van der Waals surface area (Å²) in [6.45, 7) is 1.94. The molecule has 0 aromatic carbocycles. The molecule has 4 nitrogen and oxygen atoms in total. The van der Waals surface area contributed by atoms with Crippen molar-refractivity contribution in [3.8, 4) is 0 Å². The van der Waals surface area contributed by atoms with Crippen LogP contribution < -0.4 is 5.48 Å². The molecule has 0 aliphatic heterocycles. The van der Waals surface area contributed by atoms with E-state index in [1.54, 1.807) is 6.92 Å². The SMILES string of the molecule is CC(O)(CCO)CCNO. The highest BCUT2D eigenvalue weighted by molar-refractivity contribution is 4.71. The Labute approximate surface area is 60.5 Å². The number of hydrogen-bond acceptors (Lipinski definition) is 4. The second-order valence-electron chi connectivity index (χ2n) is 2.63. The summed E-state index contributed by atoms with van der Waals surface area (Å²) in [7, 11) is 0. The lowest BCUT2D eigenvalue weighted by atomic mass is 9.99. The van der Waals surface area contributed by atoms with Gasteiger partial charge in [-0.15, -0.1) is 0 Å². The Bertz CT molecular complexity index is 85.1. The predicted molar refractivity (Wildman–Crippen MR) is 36.7 cm³/mol. The molecule has 1 atom stereocenters. The molecule has 0 aliphatic carbocycles. The molecular weight excluding hydrogens is 134 g/mol. The number of hydroxylamine groups is 1. The van der Waals surface area contributed by atoms with Gasteiger partial charge in [0, 0.05) is 13.2 Å². The fourth-order valence-electron chi connectivity index (χ4n) is 0.691. The summed E-state index contributed by atoms with van der Waals surface area (Å²) in [5.74, 6) is 0. The third-order valence-corrected chi connectivity index (χ3v) is 1.43. The lowest BCUT2D eigenvalue weighted by Gasteiger charge is -2.21. The van der Waals surface area contributed by atoms with Gasteiger partial charge in [0.15, 0.2) is 0 Å². The number of aliphatic hydroxyl groups excluding tert-OH is 1. The van der Waals surface area contributed by atoms with Crippen molar-refractivity contribution in [2.45, 2.75) is 25.4 Å². The van der Waals surface area contributed by atoms with Crippen LogP contribution in [0.15, 0.2) is 0 Å². The molecule has 0 heterocycles. The topological polar surface area (TPSA) is 72.7 Å². The van der Waals surface area contributed by atoms with Gasteiger partial charge in [-0.3, -0.25) is 0 Å². The molecule has 62 valence electrons. The zero-order chi connectivity index (χ0) is 8.04. The predicted octanol–water partition coefficient (Wildman–Crippen LogP) is -0.511. The minimum atomic E-state index is -0.871. The number of aliphatic hydroxyl groups is 2. The van der Waals surface area contributed by atoms with Gasteiger partial charge in [-0.2, -0.15) is 0 Å². The highest BCUT2D eigenvalue weighted by Crippen LogP contribution is 2.11. The van der Waals surface area contributed by atoms with Crippen LogP contribution in [0.1, 0.15) is 19.8 Å². The Morgan fingerprint density at radius 3 is 2.40 bits per heavy atom. The zero-order valence-corrected chi connectivity index (χ0v) is 6.17. The second kappa shape index (κ2) is 4.62. The molecule has 0 rings (SSSR count). The monoisotopic (exact) mass is 149 g/mol. The average Bonchev–Trinajstić information content (AvgIpc) is 1.84. The largest absolute Gasteiger partial charge is 0.396 e. The van der Waals surface area contributed by atoms with Gasteiger partial charge in [-0.1, -0.05) is 0 Å². The first kappa shape index (κ1) is 9.84. The maximum atomic E-state index is 9.33. The molecule has 0 spiro atoms. The van der Waals surface area contributed by atoms with Crippen molar-refractivity contribution in [3.63, 3.8) is 0 Å². The lowest BCUT2D eigenvalue weighted by molar-refractivity contribution is 0.0157. The molecule has 0 aliphatic rings. The van der Waals surface area contributed by atoms with Crippen molar-refractivity contribution >= 4 is 0 Å². The van der Waals surface area contributed by atoms with E-state index in [4.69, 9.17) is 10.3 Å². The first-order valence-corrected chi connectivity index (χ1v) is 3.32. The number of hydrogen-bond donors (Lipinski definition) is 4. The van der Waals surface area contributed by atoms with E-state index in [-0.39, 0.29) is 6.61 Å². The summed E-state index contributed by atoms with van der Waals surface area (Å²) in [6, 6.07) is 0. The third kappa shape index (κ3) is 4.69. The fourth-order valence-corrected chi connectivity index (χ4v) is 0.691. The van der Waals surface area contributed by atoms with Crippen LogP contribution in [0, 0.1) is 0 Å². The van der Waals surface area contributed by atoms with E-state index in [0.717, 1.165) is 0 Å². The van der Waals surface area contributed by atoms with Gasteiger partial charge in [0.05, 0.1) is 5.60 Å². The number of nitrogens with one attached hydrogen (secondary N) is 1. The summed E-state index contributed by atoms with van der Waals surface area (Å²) in [5, 5.41) is 26.0. The molecule has 0 amide bonds. The van der Waals surface area contributed by atoms with Gasteiger partial charge >= 0.3 is 0 Å². The first-order chi connectivity index (χ1) is 4.62. The molecule has 0 saturated carbocycles. The first-order valence-electron chi connectivity index (χ1n) is 3.32. The molecule has 0 radical (unpaired) electrons. The van der Waals surface area contributed by atoms with E-state index in [1.165, 1.54) is 0 Å². The molecular formula is C6H15NO3. The van der Waals surface area contributed by atoms with E-state index in [2.05, 4.69) is 0 Å². The Morgan fingerprint density at radius 1 is 1.40 bits per heavy atom. The lowest BCUT2D eigenvalue weighted by Crippen LogP contribution is -2.29. The summed E-state index contributed by atoms with van der Waals surface area (Å²) in [6.07, 6.45) is 0.777. The third-order valence-electron chi connectivity index (χ3n) is 1.43. The smallest absolute Gasteiger partial charge is 0.0654 e. The van der Waals surface area contributed by atoms with Crippen LogP contribution in [0.25, 0.3) is 0 Å². The van der Waals surface area contributed by atoms with Crippen molar-refractivity contribution in [1.82, 2.24) is 5.48 Å². The van der Waals surface area contributed by atoms with E-state index in [9.17, 15) is 5.11 Å². The van der Waals surface area contributed by atoms with Crippen LogP contribution in [-0.4, -0.2) is 34.2 Å². The highest BCUT2D eigenvalue weighted by Gasteiger charge is 2.18. The van der Waals surface area contributed by atoms with Crippen LogP contribution in [0.4, 0.5) is 0 Å². The molecule has 4 N–H and O–H groups in total. The van der Waals surface area contributed by atoms with E-state index < -0.39 is 5.60 Å². The van der Waals surface area contributed by atoms with Crippen molar-refractivity contribution < 1.29 is 15.4 Å². The molecule has 0 aromatic rings. The van der Waals surface area contributed by atoms with Crippen molar-refractivity contribution in [1.29, 1.82) is 0 Å². The Balaban J connectivity index is 3.42. The quantitative estimate of drug-likeness (QED) is 0.397. The second-order valence-corrected chi connectivity index (χ2v) is 2.63. The Kier molecular flexibility index (Phi) is 4.55. The summed E-state index contributed by atoms with van der Waals surface area (Å²) in [5.41, 5.74) is 1.07. The average molecular weight is 149 g/mol. The van der Waals surface area contributed by atoms with Crippen LogP contribution in [0.5, 0.6) is 0 Å². The Hall–Kier alpha value is -0.160. The van der Waals surface area contributed by atoms with Crippen molar-refractivity contribution in [2.24, 2.45) is 0 Å². The van der Waals surface area contributed by atoms with Crippen molar-refractivity contribution in [3.05, 3.63) is 0 Å². The minimum Gasteiger partial charge on any atom is -0.396 e. The van der Waals surface area contributed by atoms with E-state index in [1.807, 2.05) is 5.48 Å². The van der Waals surface area contributed by atoms with Gasteiger partial charge in [-0.05, 0) is 19.8 Å². The van der Waals surface area contributed by atoms with Crippen molar-refractivity contribution in [2.75, 3.05) is 13.2 Å². The zero-order valence-electron chi connectivity index (χ0n) is 6.17. The van der Waals surface area contributed by atoms with Crippen LogP contribution >= 0.6 is 0 Å². The van der Waals surface area contributed by atoms with Gasteiger partial charge < -0.3 is 15.4 Å². The minimum absolute atomic E-state index is 0.0293. The van der Waals surface area contributed by atoms with Gasteiger partial charge in [0.25, 0.3) is 0 Å². The van der Waals surface area contributed by atoms with Crippen LogP contribution in [0.3, 0.4) is 0 Å². The standard InChI is InChI=1S/C6H15NO3/c1-6(9,3-5-8)2-4-7-10/h7-10H,2-5H2,1H3. The molecule has 10 heavy (non-hydrogen) atoms. The molecule has 0 aromatic heterocycles. The fraction of sp³-hybridized carbons (Fsp3) is 1.00. The van der Waals surface area contributed by atoms with Gasteiger partial charge in [-0.25, -0.2) is 5.48 Å². The highest BCUT2D eigenvalue weighted by atomic mass is 16.5. The van der Waals surface area contributed by atoms with Crippen LogP contribution in [-0.2, 0) is 0 Å². The molecule has 1 unspecified atom stereocenters. The van der Waals surface area contributed by atoms with Gasteiger partial charge in [0.2, 0.25) is 0 Å². The normalized spacial score (nSPS) is 16.8. The Morgan fingerprint density at radius 2 is 2.00 bits per heavy atom. The maximum Gasteiger partial charge on any atom is 0.0654 e. The molecule has 0 saturated heterocycles. The summed E-state index contributed by atoms with van der Waals surface area (Å²) < 4.78 is 0. The molecule has 0 fully saturated rings. The number of rotatable bonds is 5. The van der Waals surface area contributed by atoms with Gasteiger partial charge in [0.1, 0.15) is 0 Å². The van der Waals surface area contributed by atoms with Crippen LogP contribution in [0.2, 0.25) is 0 Å². The maximum absolute atomic E-state index is 9.33.